The Hall–Kier alpha value is -3.62. The highest BCUT2D eigenvalue weighted by Crippen LogP contribution is 2.40. The molecule has 1 aliphatic heterocycles. The van der Waals surface area contributed by atoms with E-state index >= 15 is 0 Å². The predicted octanol–water partition coefficient (Wildman–Crippen LogP) is 3.67. The summed E-state index contributed by atoms with van der Waals surface area (Å²) in [7, 11) is 6.20. The second-order valence-corrected chi connectivity index (χ2v) is 8.07. The number of benzene rings is 2. The highest BCUT2D eigenvalue weighted by atomic mass is 16.5. The van der Waals surface area contributed by atoms with E-state index < -0.39 is 0 Å². The molecule has 0 aliphatic carbocycles. The number of piperidine rings is 1. The molecular formula is C25H33N3O6. The quantitative estimate of drug-likeness (QED) is 0.579. The summed E-state index contributed by atoms with van der Waals surface area (Å²) in [6.07, 6.45) is 1.98. The van der Waals surface area contributed by atoms with Gasteiger partial charge in [-0.2, -0.15) is 0 Å². The SMILES string of the molecule is COc1ccccc1CNC(=O)CC1CCN(C(=O)Nc2cc(OC)c(OC)c(OC)c2)CC1. The number of carbonyl (C=O) groups excluding carboxylic acids is 2. The fourth-order valence-corrected chi connectivity index (χ4v) is 4.07. The normalized spacial score (nSPS) is 13.7. The van der Waals surface area contributed by atoms with Gasteiger partial charge in [0.1, 0.15) is 5.75 Å². The number of anilines is 1. The summed E-state index contributed by atoms with van der Waals surface area (Å²) in [4.78, 5) is 27.0. The van der Waals surface area contributed by atoms with Crippen molar-refractivity contribution in [1.29, 1.82) is 0 Å². The van der Waals surface area contributed by atoms with Crippen molar-refractivity contribution < 1.29 is 28.5 Å². The molecule has 0 unspecified atom stereocenters. The maximum absolute atomic E-state index is 12.8. The zero-order chi connectivity index (χ0) is 24.5. The summed E-state index contributed by atoms with van der Waals surface area (Å²) in [5, 5.41) is 5.87. The topological polar surface area (TPSA) is 98.4 Å². The number of ether oxygens (including phenoxy) is 4. The minimum absolute atomic E-state index is 0.00577. The van der Waals surface area contributed by atoms with Gasteiger partial charge in [0.05, 0.1) is 34.1 Å². The van der Waals surface area contributed by atoms with Crippen molar-refractivity contribution >= 4 is 17.6 Å². The Bertz CT molecular complexity index is 963. The van der Waals surface area contributed by atoms with E-state index in [1.807, 2.05) is 24.3 Å². The van der Waals surface area contributed by atoms with Crippen LogP contribution in [0.4, 0.5) is 10.5 Å². The number of rotatable bonds is 9. The van der Waals surface area contributed by atoms with Crippen molar-refractivity contribution in [3.05, 3.63) is 42.0 Å². The molecule has 1 saturated heterocycles. The first-order valence-electron chi connectivity index (χ1n) is 11.2. The molecule has 184 valence electrons. The lowest BCUT2D eigenvalue weighted by Gasteiger charge is -2.32. The number of amides is 3. The third kappa shape index (κ3) is 6.24. The number of nitrogens with zero attached hydrogens (tertiary/aromatic N) is 1. The van der Waals surface area contributed by atoms with Crippen molar-refractivity contribution in [2.75, 3.05) is 46.8 Å². The molecule has 1 heterocycles. The van der Waals surface area contributed by atoms with Gasteiger partial charge in [0.15, 0.2) is 11.5 Å². The summed E-state index contributed by atoms with van der Waals surface area (Å²) in [5.41, 5.74) is 1.49. The zero-order valence-corrected chi connectivity index (χ0v) is 20.2. The molecule has 0 aromatic heterocycles. The van der Waals surface area contributed by atoms with Crippen LogP contribution in [0.2, 0.25) is 0 Å². The molecule has 2 aromatic carbocycles. The lowest BCUT2D eigenvalue weighted by molar-refractivity contribution is -0.122. The Morgan fingerprint density at radius 3 is 2.12 bits per heavy atom. The second kappa shape index (κ2) is 12.0. The first kappa shape index (κ1) is 25.0. The number of hydrogen-bond donors (Lipinski definition) is 2. The fraction of sp³-hybridized carbons (Fsp3) is 0.440. The summed E-state index contributed by atoms with van der Waals surface area (Å²) in [6.45, 7) is 1.60. The molecule has 0 radical (unpaired) electrons. The van der Waals surface area contributed by atoms with Gasteiger partial charge in [-0.1, -0.05) is 18.2 Å². The molecule has 9 nitrogen and oxygen atoms in total. The van der Waals surface area contributed by atoms with E-state index in [1.54, 1.807) is 24.1 Å². The second-order valence-electron chi connectivity index (χ2n) is 8.07. The Morgan fingerprint density at radius 1 is 0.912 bits per heavy atom. The van der Waals surface area contributed by atoms with Crippen molar-refractivity contribution in [1.82, 2.24) is 10.2 Å². The van der Waals surface area contributed by atoms with Crippen LogP contribution in [-0.2, 0) is 11.3 Å². The summed E-state index contributed by atoms with van der Waals surface area (Å²) in [6, 6.07) is 10.8. The molecule has 2 aromatic rings. The van der Waals surface area contributed by atoms with E-state index in [0.717, 1.165) is 24.2 Å². The van der Waals surface area contributed by atoms with Crippen molar-refractivity contribution in [2.45, 2.75) is 25.8 Å². The minimum atomic E-state index is -0.201. The lowest BCUT2D eigenvalue weighted by Crippen LogP contribution is -2.41. The third-order valence-electron chi connectivity index (χ3n) is 5.96. The van der Waals surface area contributed by atoms with Gasteiger partial charge in [0, 0.05) is 43.8 Å². The van der Waals surface area contributed by atoms with Gasteiger partial charge in [-0.25, -0.2) is 4.79 Å². The van der Waals surface area contributed by atoms with Crippen LogP contribution in [0.3, 0.4) is 0 Å². The van der Waals surface area contributed by atoms with Crippen LogP contribution in [0, 0.1) is 5.92 Å². The molecule has 1 aliphatic rings. The number of carbonyl (C=O) groups is 2. The van der Waals surface area contributed by atoms with Gasteiger partial charge < -0.3 is 34.5 Å². The van der Waals surface area contributed by atoms with Gasteiger partial charge in [-0.05, 0) is 24.8 Å². The molecule has 3 rings (SSSR count). The zero-order valence-electron chi connectivity index (χ0n) is 20.2. The smallest absolute Gasteiger partial charge is 0.321 e. The number of urea groups is 1. The minimum Gasteiger partial charge on any atom is -0.496 e. The Balaban J connectivity index is 1.48. The van der Waals surface area contributed by atoms with E-state index in [-0.39, 0.29) is 17.9 Å². The van der Waals surface area contributed by atoms with Gasteiger partial charge in [0.25, 0.3) is 0 Å². The maximum atomic E-state index is 12.8. The molecule has 3 amide bonds. The Kier molecular flexibility index (Phi) is 8.84. The van der Waals surface area contributed by atoms with E-state index in [2.05, 4.69) is 10.6 Å². The van der Waals surface area contributed by atoms with E-state index in [1.165, 1.54) is 21.3 Å². The van der Waals surface area contributed by atoms with Crippen LogP contribution in [-0.4, -0.2) is 58.4 Å². The van der Waals surface area contributed by atoms with Gasteiger partial charge >= 0.3 is 6.03 Å². The Morgan fingerprint density at radius 2 is 1.53 bits per heavy atom. The van der Waals surface area contributed by atoms with E-state index in [0.29, 0.717) is 49.0 Å². The van der Waals surface area contributed by atoms with Gasteiger partial charge in [0.2, 0.25) is 11.7 Å². The first-order chi connectivity index (χ1) is 16.5. The highest BCUT2D eigenvalue weighted by Gasteiger charge is 2.25. The predicted molar refractivity (Wildman–Crippen MR) is 129 cm³/mol. The summed E-state index contributed by atoms with van der Waals surface area (Å²) < 4.78 is 21.3. The van der Waals surface area contributed by atoms with Crippen LogP contribution in [0.15, 0.2) is 36.4 Å². The lowest BCUT2D eigenvalue weighted by atomic mass is 9.93. The standard InChI is InChI=1S/C25H33N3O6/c1-31-20-8-6-5-7-18(20)16-26-23(29)13-17-9-11-28(12-10-17)25(30)27-19-14-21(32-2)24(34-4)22(15-19)33-3/h5-8,14-15,17H,9-13,16H2,1-4H3,(H,26,29)(H,27,30). The van der Waals surface area contributed by atoms with E-state index in [9.17, 15) is 9.59 Å². The van der Waals surface area contributed by atoms with Crippen LogP contribution >= 0.6 is 0 Å². The number of para-hydroxylation sites is 1. The largest absolute Gasteiger partial charge is 0.496 e. The van der Waals surface area contributed by atoms with Gasteiger partial charge in [-0.3, -0.25) is 4.79 Å². The maximum Gasteiger partial charge on any atom is 0.321 e. The molecule has 9 heteroatoms. The van der Waals surface area contributed by atoms with Gasteiger partial charge in [-0.15, -0.1) is 0 Å². The highest BCUT2D eigenvalue weighted by molar-refractivity contribution is 5.90. The average Bonchev–Trinajstić information content (AvgIpc) is 2.87. The molecule has 0 bridgehead atoms. The number of hydrogen-bond acceptors (Lipinski definition) is 6. The molecule has 0 spiro atoms. The molecule has 2 N–H and O–H groups in total. The molecule has 1 fully saturated rings. The summed E-state index contributed by atoms with van der Waals surface area (Å²) >= 11 is 0. The van der Waals surface area contributed by atoms with Crippen LogP contribution in [0.25, 0.3) is 0 Å². The molecule has 0 saturated carbocycles. The Labute approximate surface area is 200 Å². The van der Waals surface area contributed by atoms with Crippen LogP contribution in [0.1, 0.15) is 24.8 Å². The van der Waals surface area contributed by atoms with Crippen molar-refractivity contribution in [3.63, 3.8) is 0 Å². The molecule has 34 heavy (non-hydrogen) atoms. The number of likely N-dealkylation sites (tertiary alicyclic amines) is 1. The first-order valence-corrected chi connectivity index (χ1v) is 11.2. The molecule has 0 atom stereocenters. The fourth-order valence-electron chi connectivity index (χ4n) is 4.07. The van der Waals surface area contributed by atoms with Crippen molar-refractivity contribution in [3.8, 4) is 23.0 Å². The number of methoxy groups -OCH3 is 4. The summed E-state index contributed by atoms with van der Waals surface area (Å²) in [5.74, 6) is 2.40. The monoisotopic (exact) mass is 471 g/mol. The van der Waals surface area contributed by atoms with E-state index in [4.69, 9.17) is 18.9 Å². The average molecular weight is 472 g/mol. The van der Waals surface area contributed by atoms with Crippen molar-refractivity contribution in [2.24, 2.45) is 5.92 Å². The van der Waals surface area contributed by atoms with Crippen LogP contribution in [0.5, 0.6) is 23.0 Å². The third-order valence-corrected chi connectivity index (χ3v) is 5.96. The number of nitrogens with one attached hydrogen (secondary N) is 2. The van der Waals surface area contributed by atoms with Crippen LogP contribution < -0.4 is 29.6 Å². The molecular weight excluding hydrogens is 438 g/mol.